The molecule has 0 spiro atoms. The van der Waals surface area contributed by atoms with Gasteiger partial charge < -0.3 is 0 Å². The van der Waals surface area contributed by atoms with Gasteiger partial charge in [0.05, 0.1) is 0 Å². The maximum Gasteiger partial charge on any atom is 0.147 e. The van der Waals surface area contributed by atoms with Crippen LogP contribution in [-0.2, 0) is 6.42 Å². The van der Waals surface area contributed by atoms with Gasteiger partial charge in [-0.1, -0.05) is 23.5 Å². The van der Waals surface area contributed by atoms with E-state index in [1.165, 1.54) is 11.1 Å². The van der Waals surface area contributed by atoms with Gasteiger partial charge in [0, 0.05) is 17.9 Å². The van der Waals surface area contributed by atoms with Crippen LogP contribution in [0.15, 0.2) is 18.2 Å². The molecule has 16 heavy (non-hydrogen) atoms. The Morgan fingerprint density at radius 3 is 2.69 bits per heavy atom. The molecule has 1 heterocycles. The van der Waals surface area contributed by atoms with Crippen molar-refractivity contribution >= 4 is 22.9 Å². The number of aryl methyl sites for hydroxylation is 3. The first-order valence-electron chi connectivity index (χ1n) is 5.16. The zero-order chi connectivity index (χ0) is 11.5. The van der Waals surface area contributed by atoms with Crippen molar-refractivity contribution in [2.24, 2.45) is 0 Å². The number of nitrogens with zero attached hydrogens (tertiary/aromatic N) is 2. The zero-order valence-electron chi connectivity index (χ0n) is 9.33. The molecular formula is C12H13ClN2S. The van der Waals surface area contributed by atoms with Gasteiger partial charge in [-0.15, -0.1) is 21.8 Å². The van der Waals surface area contributed by atoms with E-state index in [1.807, 2.05) is 0 Å². The second-order valence-electron chi connectivity index (χ2n) is 3.74. The van der Waals surface area contributed by atoms with Gasteiger partial charge in [0.1, 0.15) is 10.0 Å². The molecule has 0 N–H and O–H groups in total. The summed E-state index contributed by atoms with van der Waals surface area (Å²) in [5.41, 5.74) is 3.72. The first kappa shape index (κ1) is 11.6. The third-order valence-electron chi connectivity index (χ3n) is 2.53. The van der Waals surface area contributed by atoms with Crippen molar-refractivity contribution in [1.82, 2.24) is 10.2 Å². The minimum Gasteiger partial charge on any atom is -0.143 e. The standard InChI is InChI=1S/C12H13ClN2S/c1-8-3-4-10(7-9(8)2)12-15-14-11(16-12)5-6-13/h3-4,7H,5-6H2,1-2H3. The predicted molar refractivity (Wildman–Crippen MR) is 69.2 cm³/mol. The van der Waals surface area contributed by atoms with Crippen molar-refractivity contribution in [1.29, 1.82) is 0 Å². The van der Waals surface area contributed by atoms with Crippen molar-refractivity contribution in [3.63, 3.8) is 0 Å². The highest BCUT2D eigenvalue weighted by Crippen LogP contribution is 2.25. The van der Waals surface area contributed by atoms with Gasteiger partial charge in [-0.3, -0.25) is 0 Å². The molecule has 84 valence electrons. The number of hydrogen-bond acceptors (Lipinski definition) is 3. The Hall–Kier alpha value is -0.930. The lowest BCUT2D eigenvalue weighted by Crippen LogP contribution is -1.83. The van der Waals surface area contributed by atoms with Gasteiger partial charge in [-0.2, -0.15) is 0 Å². The SMILES string of the molecule is Cc1ccc(-c2nnc(CCCl)s2)cc1C. The van der Waals surface area contributed by atoms with Crippen LogP contribution in [-0.4, -0.2) is 16.1 Å². The van der Waals surface area contributed by atoms with Crippen molar-refractivity contribution in [3.8, 4) is 10.6 Å². The molecule has 0 atom stereocenters. The molecule has 1 aromatic carbocycles. The summed E-state index contributed by atoms with van der Waals surface area (Å²) in [5, 5.41) is 10.3. The highest BCUT2D eigenvalue weighted by atomic mass is 35.5. The maximum absolute atomic E-state index is 5.68. The van der Waals surface area contributed by atoms with Crippen molar-refractivity contribution < 1.29 is 0 Å². The predicted octanol–water partition coefficient (Wildman–Crippen LogP) is 3.60. The molecule has 0 aliphatic heterocycles. The first-order chi connectivity index (χ1) is 7.70. The number of hydrogen-bond donors (Lipinski definition) is 0. The Morgan fingerprint density at radius 1 is 1.19 bits per heavy atom. The largest absolute Gasteiger partial charge is 0.147 e. The molecule has 0 bridgehead atoms. The van der Waals surface area contributed by atoms with Crippen molar-refractivity contribution in [2.75, 3.05) is 5.88 Å². The maximum atomic E-state index is 5.68. The zero-order valence-corrected chi connectivity index (χ0v) is 10.9. The average molecular weight is 253 g/mol. The first-order valence-corrected chi connectivity index (χ1v) is 6.52. The summed E-state index contributed by atoms with van der Waals surface area (Å²) in [6.07, 6.45) is 0.796. The third kappa shape index (κ3) is 2.42. The second-order valence-corrected chi connectivity index (χ2v) is 5.18. The highest BCUT2D eigenvalue weighted by molar-refractivity contribution is 7.14. The Kier molecular flexibility index (Phi) is 3.56. The summed E-state index contributed by atoms with van der Waals surface area (Å²) >= 11 is 7.29. The Balaban J connectivity index is 2.31. The molecule has 0 radical (unpaired) electrons. The fraction of sp³-hybridized carbons (Fsp3) is 0.333. The molecule has 2 rings (SSSR count). The van der Waals surface area contributed by atoms with Crippen LogP contribution in [0, 0.1) is 13.8 Å². The van der Waals surface area contributed by atoms with E-state index in [1.54, 1.807) is 11.3 Å². The third-order valence-corrected chi connectivity index (χ3v) is 3.75. The number of rotatable bonds is 3. The van der Waals surface area contributed by atoms with E-state index in [4.69, 9.17) is 11.6 Å². The molecule has 0 saturated carbocycles. The van der Waals surface area contributed by atoms with E-state index in [9.17, 15) is 0 Å². The van der Waals surface area contributed by atoms with Crippen LogP contribution in [0.3, 0.4) is 0 Å². The molecule has 4 heteroatoms. The molecule has 2 aromatic rings. The summed E-state index contributed by atoms with van der Waals surface area (Å²) in [5.74, 6) is 0.599. The highest BCUT2D eigenvalue weighted by Gasteiger charge is 2.06. The van der Waals surface area contributed by atoms with Crippen LogP contribution in [0.25, 0.3) is 10.6 Å². The molecule has 0 unspecified atom stereocenters. The summed E-state index contributed by atoms with van der Waals surface area (Å²) in [4.78, 5) is 0. The molecule has 0 saturated heterocycles. The van der Waals surface area contributed by atoms with Crippen molar-refractivity contribution in [3.05, 3.63) is 34.3 Å². The number of halogens is 1. The van der Waals surface area contributed by atoms with E-state index in [-0.39, 0.29) is 0 Å². The lowest BCUT2D eigenvalue weighted by molar-refractivity contribution is 0.989. The van der Waals surface area contributed by atoms with Gasteiger partial charge in [0.2, 0.25) is 0 Å². The smallest absolute Gasteiger partial charge is 0.143 e. The Bertz CT molecular complexity index is 494. The number of benzene rings is 1. The van der Waals surface area contributed by atoms with Gasteiger partial charge in [0.15, 0.2) is 0 Å². The molecule has 0 fully saturated rings. The van der Waals surface area contributed by atoms with E-state index in [2.05, 4.69) is 42.2 Å². The van der Waals surface area contributed by atoms with Crippen LogP contribution >= 0.6 is 22.9 Å². The quantitative estimate of drug-likeness (QED) is 0.780. The van der Waals surface area contributed by atoms with Crippen LogP contribution < -0.4 is 0 Å². The molecular weight excluding hydrogens is 240 g/mol. The molecule has 2 nitrogen and oxygen atoms in total. The average Bonchev–Trinajstić information content (AvgIpc) is 2.71. The van der Waals surface area contributed by atoms with Crippen LogP contribution in [0.1, 0.15) is 16.1 Å². The minimum atomic E-state index is 0.599. The van der Waals surface area contributed by atoms with E-state index in [0.717, 1.165) is 22.0 Å². The van der Waals surface area contributed by atoms with Crippen LogP contribution in [0.5, 0.6) is 0 Å². The Morgan fingerprint density at radius 2 is 2.00 bits per heavy atom. The second kappa shape index (κ2) is 4.93. The summed E-state index contributed by atoms with van der Waals surface area (Å²) in [7, 11) is 0. The summed E-state index contributed by atoms with van der Waals surface area (Å²) in [6, 6.07) is 6.36. The van der Waals surface area contributed by atoms with Gasteiger partial charge in [-0.25, -0.2) is 0 Å². The molecule has 0 amide bonds. The molecule has 1 aromatic heterocycles. The topological polar surface area (TPSA) is 25.8 Å². The normalized spacial score (nSPS) is 10.7. The van der Waals surface area contributed by atoms with Gasteiger partial charge >= 0.3 is 0 Å². The lowest BCUT2D eigenvalue weighted by atomic mass is 10.1. The molecule has 0 aliphatic rings. The Labute approximate surface area is 104 Å². The fourth-order valence-corrected chi connectivity index (χ4v) is 2.55. The molecule has 0 aliphatic carbocycles. The van der Waals surface area contributed by atoms with E-state index >= 15 is 0 Å². The van der Waals surface area contributed by atoms with Crippen LogP contribution in [0.2, 0.25) is 0 Å². The monoisotopic (exact) mass is 252 g/mol. The van der Waals surface area contributed by atoms with Crippen LogP contribution in [0.4, 0.5) is 0 Å². The van der Waals surface area contributed by atoms with E-state index < -0.39 is 0 Å². The van der Waals surface area contributed by atoms with Gasteiger partial charge in [0.25, 0.3) is 0 Å². The van der Waals surface area contributed by atoms with E-state index in [0.29, 0.717) is 5.88 Å². The summed E-state index contributed by atoms with van der Waals surface area (Å²) < 4.78 is 0. The van der Waals surface area contributed by atoms with Crippen molar-refractivity contribution in [2.45, 2.75) is 20.3 Å². The lowest BCUT2D eigenvalue weighted by Gasteiger charge is -2.01. The minimum absolute atomic E-state index is 0.599. The number of aromatic nitrogens is 2. The summed E-state index contributed by atoms with van der Waals surface area (Å²) in [6.45, 7) is 4.22. The number of alkyl halides is 1. The fourth-order valence-electron chi connectivity index (χ4n) is 1.43. The van der Waals surface area contributed by atoms with Gasteiger partial charge in [-0.05, 0) is 31.0 Å².